The number of phenols is 2. The Morgan fingerprint density at radius 1 is 0.688 bits per heavy atom. The first-order valence-electron chi connectivity index (χ1n) is 11.9. The van der Waals surface area contributed by atoms with Gasteiger partial charge in [0.15, 0.2) is 0 Å². The number of hydrogen-bond donors (Lipinski definition) is 2. The predicted octanol–water partition coefficient (Wildman–Crippen LogP) is 5.98. The Labute approximate surface area is 194 Å². The van der Waals surface area contributed by atoms with Crippen molar-refractivity contribution in [2.24, 2.45) is 0 Å². The van der Waals surface area contributed by atoms with Gasteiger partial charge in [-0.1, -0.05) is 65.8 Å². The fourth-order valence-electron chi connectivity index (χ4n) is 4.78. The number of hydrogen-bond acceptors (Lipinski definition) is 4. The minimum Gasteiger partial charge on any atom is -0.507 e. The lowest BCUT2D eigenvalue weighted by atomic mass is 9.78. The second-order valence-electron chi connectivity index (χ2n) is 11.7. The SMILES string of the molecule is Cc1cc(CN2CCCN(Cc3cc(C(C)(C)C)c(O)c(C(C)(C)C)c3)C2)cc(C)c1O. The molecule has 1 saturated heterocycles. The van der Waals surface area contributed by atoms with Gasteiger partial charge in [0.25, 0.3) is 0 Å². The Balaban J connectivity index is 1.80. The third kappa shape index (κ3) is 5.65. The Bertz CT molecular complexity index is 908. The number of aryl methyl sites for hydroxylation is 2. The van der Waals surface area contributed by atoms with Crippen LogP contribution in [0, 0.1) is 13.8 Å². The molecule has 0 aromatic heterocycles. The maximum Gasteiger partial charge on any atom is 0.123 e. The maximum atomic E-state index is 11.0. The molecule has 2 aromatic rings. The zero-order chi connectivity index (χ0) is 23.8. The first-order chi connectivity index (χ1) is 14.8. The molecule has 4 heteroatoms. The summed E-state index contributed by atoms with van der Waals surface area (Å²) >= 11 is 0. The molecule has 2 aromatic carbocycles. The zero-order valence-electron chi connectivity index (χ0n) is 21.3. The van der Waals surface area contributed by atoms with E-state index in [9.17, 15) is 10.2 Å². The van der Waals surface area contributed by atoms with Crippen molar-refractivity contribution in [3.05, 3.63) is 57.6 Å². The molecule has 4 nitrogen and oxygen atoms in total. The molecule has 0 radical (unpaired) electrons. The summed E-state index contributed by atoms with van der Waals surface area (Å²) in [5.41, 5.74) is 6.27. The van der Waals surface area contributed by atoms with Crippen molar-refractivity contribution < 1.29 is 10.2 Å². The van der Waals surface area contributed by atoms with E-state index < -0.39 is 0 Å². The summed E-state index contributed by atoms with van der Waals surface area (Å²) in [6.45, 7) is 21.8. The van der Waals surface area contributed by atoms with Crippen molar-refractivity contribution in [2.45, 2.75) is 85.7 Å². The summed E-state index contributed by atoms with van der Waals surface area (Å²) < 4.78 is 0. The molecule has 0 spiro atoms. The molecule has 0 bridgehead atoms. The fourth-order valence-corrected chi connectivity index (χ4v) is 4.78. The Hall–Kier alpha value is -2.04. The smallest absolute Gasteiger partial charge is 0.123 e. The second kappa shape index (κ2) is 9.07. The number of aromatic hydroxyl groups is 2. The molecule has 0 aliphatic carbocycles. The molecule has 32 heavy (non-hydrogen) atoms. The highest BCUT2D eigenvalue weighted by molar-refractivity contribution is 5.50. The Morgan fingerprint density at radius 3 is 1.50 bits per heavy atom. The summed E-state index contributed by atoms with van der Waals surface area (Å²) in [6.07, 6.45) is 1.15. The largest absolute Gasteiger partial charge is 0.507 e. The van der Waals surface area contributed by atoms with Crippen LogP contribution >= 0.6 is 0 Å². The molecule has 1 aliphatic heterocycles. The lowest BCUT2D eigenvalue weighted by Gasteiger charge is -2.36. The highest BCUT2D eigenvalue weighted by Gasteiger charge is 2.27. The molecule has 0 saturated carbocycles. The van der Waals surface area contributed by atoms with E-state index in [1.54, 1.807) is 0 Å². The number of phenolic OH excluding ortho intramolecular Hbond substituents is 2. The topological polar surface area (TPSA) is 46.9 Å². The van der Waals surface area contributed by atoms with Crippen molar-refractivity contribution >= 4 is 0 Å². The highest BCUT2D eigenvalue weighted by Crippen LogP contribution is 2.40. The van der Waals surface area contributed by atoms with Gasteiger partial charge in [0.05, 0.1) is 6.67 Å². The molecule has 1 aliphatic rings. The van der Waals surface area contributed by atoms with E-state index >= 15 is 0 Å². The molecule has 0 amide bonds. The van der Waals surface area contributed by atoms with Gasteiger partial charge in [-0.2, -0.15) is 0 Å². The van der Waals surface area contributed by atoms with Gasteiger partial charge in [-0.15, -0.1) is 0 Å². The van der Waals surface area contributed by atoms with Crippen molar-refractivity contribution in [3.63, 3.8) is 0 Å². The quantitative estimate of drug-likeness (QED) is 0.617. The summed E-state index contributed by atoms with van der Waals surface area (Å²) in [5.74, 6) is 0.859. The lowest BCUT2D eigenvalue weighted by Crippen LogP contribution is -2.43. The number of nitrogens with zero attached hydrogens (tertiary/aromatic N) is 2. The van der Waals surface area contributed by atoms with Crippen LogP contribution in [0.4, 0.5) is 0 Å². The zero-order valence-corrected chi connectivity index (χ0v) is 21.3. The predicted molar refractivity (Wildman–Crippen MR) is 133 cm³/mol. The van der Waals surface area contributed by atoms with Crippen LogP contribution in [0.25, 0.3) is 0 Å². The van der Waals surface area contributed by atoms with E-state index in [1.165, 1.54) is 11.1 Å². The number of benzene rings is 2. The average molecular weight is 439 g/mol. The van der Waals surface area contributed by atoms with Crippen LogP contribution in [0.15, 0.2) is 24.3 Å². The third-order valence-electron chi connectivity index (χ3n) is 6.50. The van der Waals surface area contributed by atoms with Crippen molar-refractivity contribution in [3.8, 4) is 11.5 Å². The van der Waals surface area contributed by atoms with Crippen molar-refractivity contribution in [1.29, 1.82) is 0 Å². The molecule has 1 heterocycles. The Morgan fingerprint density at radius 2 is 1.09 bits per heavy atom. The normalized spacial score (nSPS) is 16.5. The lowest BCUT2D eigenvalue weighted by molar-refractivity contribution is 0.0745. The molecule has 2 N–H and O–H groups in total. The second-order valence-corrected chi connectivity index (χ2v) is 11.7. The van der Waals surface area contributed by atoms with E-state index in [1.807, 2.05) is 13.8 Å². The molecule has 0 unspecified atom stereocenters. The Kier molecular flexibility index (Phi) is 6.97. The van der Waals surface area contributed by atoms with Crippen LogP contribution in [0.5, 0.6) is 11.5 Å². The molecular formula is C28H42N2O2. The van der Waals surface area contributed by atoms with Gasteiger partial charge >= 0.3 is 0 Å². The van der Waals surface area contributed by atoms with Gasteiger partial charge in [0.1, 0.15) is 11.5 Å². The standard InChI is InChI=1S/C28H42N2O2/c1-19-12-21(13-20(2)25(19)31)16-29-10-9-11-30(18-29)17-22-14-23(27(3,4)5)26(32)24(15-22)28(6,7)8/h12-15,31-32H,9-11,16-18H2,1-8H3. The molecule has 1 fully saturated rings. The minimum absolute atomic E-state index is 0.109. The fraction of sp³-hybridized carbons (Fsp3) is 0.571. The van der Waals surface area contributed by atoms with E-state index in [4.69, 9.17) is 0 Å². The molecule has 0 atom stereocenters. The summed E-state index contributed by atoms with van der Waals surface area (Å²) in [7, 11) is 0. The first kappa shape index (κ1) is 24.6. The van der Waals surface area contributed by atoms with Crippen LogP contribution in [0.3, 0.4) is 0 Å². The van der Waals surface area contributed by atoms with E-state index in [0.717, 1.165) is 61.5 Å². The average Bonchev–Trinajstić information content (AvgIpc) is 2.66. The third-order valence-corrected chi connectivity index (χ3v) is 6.50. The van der Waals surface area contributed by atoms with Crippen LogP contribution in [-0.4, -0.2) is 39.8 Å². The van der Waals surface area contributed by atoms with Gasteiger partial charge < -0.3 is 10.2 Å². The minimum atomic E-state index is -0.109. The van der Waals surface area contributed by atoms with Gasteiger partial charge in [-0.3, -0.25) is 9.80 Å². The summed E-state index contributed by atoms with van der Waals surface area (Å²) in [5, 5.41) is 21.1. The van der Waals surface area contributed by atoms with E-state index in [2.05, 4.69) is 75.6 Å². The molecule has 176 valence electrons. The monoisotopic (exact) mass is 438 g/mol. The van der Waals surface area contributed by atoms with Crippen LogP contribution in [0.1, 0.15) is 81.3 Å². The van der Waals surface area contributed by atoms with Crippen molar-refractivity contribution in [2.75, 3.05) is 19.8 Å². The van der Waals surface area contributed by atoms with Crippen LogP contribution in [-0.2, 0) is 23.9 Å². The van der Waals surface area contributed by atoms with E-state index in [0.29, 0.717) is 11.5 Å². The number of rotatable bonds is 4. The van der Waals surface area contributed by atoms with Gasteiger partial charge in [-0.05, 0) is 64.5 Å². The maximum absolute atomic E-state index is 11.0. The molecule has 3 rings (SSSR count). The first-order valence-corrected chi connectivity index (χ1v) is 11.9. The van der Waals surface area contributed by atoms with Crippen LogP contribution in [0.2, 0.25) is 0 Å². The summed E-state index contributed by atoms with van der Waals surface area (Å²) in [6, 6.07) is 8.62. The highest BCUT2D eigenvalue weighted by atomic mass is 16.3. The van der Waals surface area contributed by atoms with Gasteiger partial charge in [0.2, 0.25) is 0 Å². The summed E-state index contributed by atoms with van der Waals surface area (Å²) in [4.78, 5) is 5.00. The van der Waals surface area contributed by atoms with Crippen LogP contribution < -0.4 is 0 Å². The van der Waals surface area contributed by atoms with Gasteiger partial charge in [0, 0.05) is 26.2 Å². The van der Waals surface area contributed by atoms with E-state index in [-0.39, 0.29) is 10.8 Å². The van der Waals surface area contributed by atoms with Gasteiger partial charge in [-0.25, -0.2) is 0 Å². The van der Waals surface area contributed by atoms with Crippen molar-refractivity contribution in [1.82, 2.24) is 9.80 Å². The molecular weight excluding hydrogens is 396 g/mol.